The number of carbonyl (C=O) groups excluding carboxylic acids is 2. The van der Waals surface area contributed by atoms with Crippen molar-refractivity contribution in [1.29, 1.82) is 0 Å². The minimum absolute atomic E-state index is 0.0209. The third kappa shape index (κ3) is 3.52. The lowest BCUT2D eigenvalue weighted by molar-refractivity contribution is -0.146. The number of hydrogen-bond acceptors (Lipinski definition) is 3. The Morgan fingerprint density at radius 3 is 2.44 bits per heavy atom. The summed E-state index contributed by atoms with van der Waals surface area (Å²) < 4.78 is 0. The zero-order valence-corrected chi connectivity index (χ0v) is 14.7. The van der Waals surface area contributed by atoms with Crippen LogP contribution in [-0.4, -0.2) is 47.4 Å². The van der Waals surface area contributed by atoms with Gasteiger partial charge < -0.3 is 14.9 Å². The Kier molecular flexibility index (Phi) is 4.79. The molecule has 6 nitrogen and oxygen atoms in total. The molecule has 2 amide bonds. The van der Waals surface area contributed by atoms with Crippen LogP contribution in [0.4, 0.5) is 5.69 Å². The zero-order valence-electron chi connectivity index (χ0n) is 14.7. The van der Waals surface area contributed by atoms with Gasteiger partial charge in [-0.05, 0) is 43.9 Å². The molecule has 2 heterocycles. The van der Waals surface area contributed by atoms with Gasteiger partial charge in [0, 0.05) is 31.7 Å². The van der Waals surface area contributed by atoms with E-state index in [1.807, 2.05) is 32.0 Å². The highest BCUT2D eigenvalue weighted by molar-refractivity contribution is 6.00. The molecule has 3 rings (SSSR count). The molecule has 1 aromatic rings. The van der Waals surface area contributed by atoms with E-state index >= 15 is 0 Å². The highest BCUT2D eigenvalue weighted by Gasteiger charge is 2.39. The zero-order chi connectivity index (χ0) is 18.1. The smallest absolute Gasteiger partial charge is 0.306 e. The molecule has 0 bridgehead atoms. The van der Waals surface area contributed by atoms with Gasteiger partial charge in [0.15, 0.2) is 0 Å². The maximum Gasteiger partial charge on any atom is 0.306 e. The van der Waals surface area contributed by atoms with Gasteiger partial charge in [0.1, 0.15) is 0 Å². The number of carboxylic acids is 1. The molecule has 2 aliphatic heterocycles. The molecule has 1 aromatic carbocycles. The lowest BCUT2D eigenvalue weighted by Crippen LogP contribution is -2.43. The van der Waals surface area contributed by atoms with E-state index in [2.05, 4.69) is 0 Å². The third-order valence-electron chi connectivity index (χ3n) is 5.29. The van der Waals surface area contributed by atoms with Crippen molar-refractivity contribution in [3.63, 3.8) is 0 Å². The second kappa shape index (κ2) is 6.86. The number of aryl methyl sites for hydroxylation is 2. The van der Waals surface area contributed by atoms with Crippen molar-refractivity contribution in [2.24, 2.45) is 11.8 Å². The number of likely N-dealkylation sites (tertiary alicyclic amines) is 1. The summed E-state index contributed by atoms with van der Waals surface area (Å²) in [5.41, 5.74) is 2.98. The minimum atomic E-state index is -0.788. The summed E-state index contributed by atoms with van der Waals surface area (Å²) in [5.74, 6) is -1.53. The van der Waals surface area contributed by atoms with E-state index in [9.17, 15) is 14.4 Å². The van der Waals surface area contributed by atoms with Crippen molar-refractivity contribution in [3.05, 3.63) is 29.3 Å². The molecule has 6 heteroatoms. The lowest BCUT2D eigenvalue weighted by atomic mass is 9.95. The van der Waals surface area contributed by atoms with Crippen molar-refractivity contribution in [3.8, 4) is 0 Å². The maximum atomic E-state index is 12.8. The van der Waals surface area contributed by atoms with Gasteiger partial charge in [-0.2, -0.15) is 0 Å². The Balaban J connectivity index is 1.67. The van der Waals surface area contributed by atoms with E-state index in [-0.39, 0.29) is 30.1 Å². The van der Waals surface area contributed by atoms with Crippen LogP contribution in [0.5, 0.6) is 0 Å². The molecule has 134 valence electrons. The van der Waals surface area contributed by atoms with Crippen LogP contribution in [0.25, 0.3) is 0 Å². The fourth-order valence-corrected chi connectivity index (χ4v) is 3.72. The number of benzene rings is 1. The third-order valence-corrected chi connectivity index (χ3v) is 5.29. The predicted molar refractivity (Wildman–Crippen MR) is 93.3 cm³/mol. The Hall–Kier alpha value is -2.37. The first kappa shape index (κ1) is 17.5. The molecule has 1 unspecified atom stereocenters. The summed E-state index contributed by atoms with van der Waals surface area (Å²) in [7, 11) is 0. The van der Waals surface area contributed by atoms with Crippen LogP contribution in [0.1, 0.15) is 30.4 Å². The van der Waals surface area contributed by atoms with E-state index in [0.717, 1.165) is 16.8 Å². The standard InChI is InChI=1S/C19H24N2O4/c1-12-3-4-13(2)16(9-12)21-11-15(10-17(21)22)18(23)20-7-5-14(6-8-20)19(24)25/h3-4,9,14-15H,5-8,10-11H2,1-2H3,(H,24,25). The molecule has 0 aromatic heterocycles. The molecular formula is C19H24N2O4. The number of aliphatic carboxylic acids is 1. The van der Waals surface area contributed by atoms with Gasteiger partial charge in [-0.1, -0.05) is 12.1 Å². The lowest BCUT2D eigenvalue weighted by Gasteiger charge is -2.31. The summed E-state index contributed by atoms with van der Waals surface area (Å²) in [6, 6.07) is 5.98. The van der Waals surface area contributed by atoms with Crippen LogP contribution in [0, 0.1) is 25.7 Å². The molecule has 25 heavy (non-hydrogen) atoms. The Bertz CT molecular complexity index is 707. The molecule has 1 N–H and O–H groups in total. The average Bonchev–Trinajstić information content (AvgIpc) is 2.98. The van der Waals surface area contributed by atoms with Gasteiger partial charge in [0.25, 0.3) is 0 Å². The number of nitrogens with zero attached hydrogens (tertiary/aromatic N) is 2. The molecular weight excluding hydrogens is 320 g/mol. The van der Waals surface area contributed by atoms with Gasteiger partial charge >= 0.3 is 5.97 Å². The normalized spacial score (nSPS) is 21.7. The first-order valence-electron chi connectivity index (χ1n) is 8.76. The number of hydrogen-bond donors (Lipinski definition) is 1. The molecule has 1 atom stereocenters. The molecule has 2 aliphatic rings. The summed E-state index contributed by atoms with van der Waals surface area (Å²) in [4.78, 5) is 39.7. The van der Waals surface area contributed by atoms with Gasteiger partial charge in [0.05, 0.1) is 11.8 Å². The minimum Gasteiger partial charge on any atom is -0.481 e. The molecule has 2 fully saturated rings. The summed E-state index contributed by atoms with van der Waals surface area (Å²) in [6.45, 7) is 5.28. The fraction of sp³-hybridized carbons (Fsp3) is 0.526. The van der Waals surface area contributed by atoms with Crippen LogP contribution >= 0.6 is 0 Å². The van der Waals surface area contributed by atoms with Crippen LogP contribution in [0.3, 0.4) is 0 Å². The van der Waals surface area contributed by atoms with Crippen LogP contribution in [-0.2, 0) is 14.4 Å². The Labute approximate surface area is 147 Å². The molecule has 2 saturated heterocycles. The predicted octanol–water partition coefficient (Wildman–Crippen LogP) is 1.98. The largest absolute Gasteiger partial charge is 0.481 e. The Morgan fingerprint density at radius 2 is 1.80 bits per heavy atom. The number of anilines is 1. The van der Waals surface area contributed by atoms with Gasteiger partial charge in [-0.15, -0.1) is 0 Å². The molecule has 0 saturated carbocycles. The molecule has 0 radical (unpaired) electrons. The second-order valence-corrected chi connectivity index (χ2v) is 7.13. The van der Waals surface area contributed by atoms with Crippen molar-refractivity contribution in [2.75, 3.05) is 24.5 Å². The van der Waals surface area contributed by atoms with Crippen molar-refractivity contribution in [2.45, 2.75) is 33.1 Å². The van der Waals surface area contributed by atoms with Crippen LogP contribution in [0.2, 0.25) is 0 Å². The average molecular weight is 344 g/mol. The van der Waals surface area contributed by atoms with E-state index in [1.165, 1.54) is 0 Å². The highest BCUT2D eigenvalue weighted by atomic mass is 16.4. The van der Waals surface area contributed by atoms with E-state index in [0.29, 0.717) is 32.5 Å². The molecule has 0 aliphatic carbocycles. The summed E-state index contributed by atoms with van der Waals surface area (Å²) >= 11 is 0. The Morgan fingerprint density at radius 1 is 1.12 bits per heavy atom. The topological polar surface area (TPSA) is 77.9 Å². The first-order valence-corrected chi connectivity index (χ1v) is 8.76. The van der Waals surface area contributed by atoms with E-state index in [1.54, 1.807) is 9.80 Å². The fourth-order valence-electron chi connectivity index (χ4n) is 3.72. The van der Waals surface area contributed by atoms with Gasteiger partial charge in [-0.25, -0.2) is 0 Å². The van der Waals surface area contributed by atoms with Crippen LogP contribution in [0.15, 0.2) is 18.2 Å². The number of piperidine rings is 1. The highest BCUT2D eigenvalue weighted by Crippen LogP contribution is 2.30. The maximum absolute atomic E-state index is 12.8. The van der Waals surface area contributed by atoms with Crippen molar-refractivity contribution >= 4 is 23.5 Å². The van der Waals surface area contributed by atoms with Gasteiger partial charge in [-0.3, -0.25) is 14.4 Å². The quantitative estimate of drug-likeness (QED) is 0.909. The number of rotatable bonds is 3. The number of carbonyl (C=O) groups is 3. The monoisotopic (exact) mass is 344 g/mol. The summed E-state index contributed by atoms with van der Waals surface area (Å²) in [5, 5.41) is 9.06. The van der Waals surface area contributed by atoms with E-state index in [4.69, 9.17) is 5.11 Å². The van der Waals surface area contributed by atoms with Crippen molar-refractivity contribution in [1.82, 2.24) is 4.90 Å². The first-order chi connectivity index (χ1) is 11.9. The number of carboxylic acid groups (broad SMARTS) is 1. The second-order valence-electron chi connectivity index (χ2n) is 7.13. The van der Waals surface area contributed by atoms with Crippen LogP contribution < -0.4 is 4.90 Å². The van der Waals surface area contributed by atoms with Crippen molar-refractivity contribution < 1.29 is 19.5 Å². The van der Waals surface area contributed by atoms with E-state index < -0.39 is 5.97 Å². The summed E-state index contributed by atoms with van der Waals surface area (Å²) in [6.07, 6.45) is 1.20. The number of amides is 2. The van der Waals surface area contributed by atoms with Gasteiger partial charge in [0.2, 0.25) is 11.8 Å². The SMILES string of the molecule is Cc1ccc(C)c(N2CC(C(=O)N3CCC(C(=O)O)CC3)CC2=O)c1. The molecule has 0 spiro atoms.